The van der Waals surface area contributed by atoms with Gasteiger partial charge in [0.05, 0.1) is 11.2 Å². The molecule has 0 N–H and O–H groups in total. The van der Waals surface area contributed by atoms with E-state index in [1.807, 2.05) is 0 Å². The molecule has 0 saturated heterocycles. The Morgan fingerprint density at radius 3 is 1.35 bits per heavy atom. The first-order chi connectivity index (χ1) is 12.2. The van der Waals surface area contributed by atoms with Crippen molar-refractivity contribution in [2.75, 3.05) is 0 Å². The third-order valence-electron chi connectivity index (χ3n) is 4.74. The molecule has 0 saturated carbocycles. The fraction of sp³-hybridized carbons (Fsp3) is 1.00. The molecule has 0 rings (SSSR count). The second-order valence-electron chi connectivity index (χ2n) is 8.78. The molecular weight excluding hydrogens is 328 g/mol. The monoisotopic (exact) mass is 374 g/mol. The topological polar surface area (TPSA) is 36.9 Å². The third-order valence-corrected chi connectivity index (χ3v) is 4.74. The lowest BCUT2D eigenvalue weighted by atomic mass is 10.0. The number of rotatable bonds is 17. The van der Waals surface area contributed by atoms with Crippen molar-refractivity contribution < 1.29 is 19.6 Å². The molecule has 0 aliphatic heterocycles. The number of hydrogen-bond acceptors (Lipinski definition) is 4. The van der Waals surface area contributed by atoms with Gasteiger partial charge in [0.2, 0.25) is 5.79 Å². The van der Waals surface area contributed by atoms with Crippen molar-refractivity contribution in [1.29, 1.82) is 0 Å². The van der Waals surface area contributed by atoms with Gasteiger partial charge >= 0.3 is 0 Å². The second-order valence-corrected chi connectivity index (χ2v) is 8.78. The highest BCUT2D eigenvalue weighted by Gasteiger charge is 2.37. The zero-order valence-corrected chi connectivity index (χ0v) is 18.9. The summed E-state index contributed by atoms with van der Waals surface area (Å²) in [6.07, 6.45) is 11.4. The van der Waals surface area contributed by atoms with Crippen LogP contribution in [-0.4, -0.2) is 17.0 Å². The lowest BCUT2D eigenvalue weighted by Crippen LogP contribution is -2.41. The van der Waals surface area contributed by atoms with Crippen molar-refractivity contribution in [3.8, 4) is 0 Å². The predicted octanol–water partition coefficient (Wildman–Crippen LogP) is 7.51. The lowest BCUT2D eigenvalue weighted by molar-refractivity contribution is -0.545. The molecule has 0 heterocycles. The van der Waals surface area contributed by atoms with Crippen LogP contribution in [0.1, 0.15) is 126 Å². The van der Waals surface area contributed by atoms with E-state index in [-0.39, 0.29) is 11.2 Å². The Hall–Kier alpha value is -0.160. The first-order valence-corrected chi connectivity index (χ1v) is 10.9. The average molecular weight is 375 g/mol. The molecule has 0 bridgehead atoms. The van der Waals surface area contributed by atoms with E-state index < -0.39 is 5.79 Å². The molecule has 0 aromatic rings. The summed E-state index contributed by atoms with van der Waals surface area (Å²) in [6.45, 7) is 16.8. The maximum absolute atomic E-state index is 5.93. The number of hydrogen-bond donors (Lipinski definition) is 0. The van der Waals surface area contributed by atoms with Crippen LogP contribution in [0.3, 0.4) is 0 Å². The van der Waals surface area contributed by atoms with Crippen LogP contribution >= 0.6 is 0 Å². The zero-order chi connectivity index (χ0) is 20.1. The fourth-order valence-electron chi connectivity index (χ4n) is 3.05. The Bertz CT molecular complexity index is 317. The summed E-state index contributed by atoms with van der Waals surface area (Å²) < 4.78 is 0. The van der Waals surface area contributed by atoms with Crippen LogP contribution in [0, 0.1) is 0 Å². The minimum absolute atomic E-state index is 0.334. The molecule has 0 atom stereocenters. The molecule has 158 valence electrons. The normalized spacial score (nSPS) is 13.4. The van der Waals surface area contributed by atoms with Gasteiger partial charge in [-0.25, -0.2) is 9.78 Å². The molecule has 0 fully saturated rings. The first kappa shape index (κ1) is 25.8. The minimum atomic E-state index is -0.845. The van der Waals surface area contributed by atoms with E-state index in [2.05, 4.69) is 55.4 Å². The van der Waals surface area contributed by atoms with E-state index in [1.54, 1.807) is 0 Å². The molecule has 4 heteroatoms. The van der Waals surface area contributed by atoms with E-state index in [0.29, 0.717) is 6.42 Å². The molecule has 0 aromatic carbocycles. The summed E-state index contributed by atoms with van der Waals surface area (Å²) in [4.78, 5) is 23.5. The lowest BCUT2D eigenvalue weighted by Gasteiger charge is -2.36. The van der Waals surface area contributed by atoms with E-state index in [0.717, 1.165) is 38.5 Å². The standard InChI is InChI=1S/C22H46O4/c1-9-13-14-15-16-19-22(12-4,25-23-20(5,6)17-10-2)26-24-21(7,8)18-11-3/h9-19H2,1-8H3. The smallest absolute Gasteiger partial charge is 0.228 e. The van der Waals surface area contributed by atoms with E-state index in [4.69, 9.17) is 19.6 Å². The molecule has 4 nitrogen and oxygen atoms in total. The maximum Gasteiger partial charge on any atom is 0.233 e. The average Bonchev–Trinajstić information content (AvgIpc) is 2.57. The van der Waals surface area contributed by atoms with Crippen molar-refractivity contribution >= 4 is 0 Å². The summed E-state index contributed by atoms with van der Waals surface area (Å²) in [7, 11) is 0. The molecule has 0 aliphatic carbocycles. The van der Waals surface area contributed by atoms with Crippen molar-refractivity contribution in [1.82, 2.24) is 0 Å². The van der Waals surface area contributed by atoms with Crippen LogP contribution in [0.5, 0.6) is 0 Å². The Morgan fingerprint density at radius 2 is 0.962 bits per heavy atom. The van der Waals surface area contributed by atoms with Gasteiger partial charge in [0.15, 0.2) is 0 Å². The van der Waals surface area contributed by atoms with Gasteiger partial charge in [0.25, 0.3) is 0 Å². The van der Waals surface area contributed by atoms with Gasteiger partial charge in [-0.05, 0) is 47.0 Å². The van der Waals surface area contributed by atoms with Crippen molar-refractivity contribution in [2.24, 2.45) is 0 Å². The number of unbranched alkanes of at least 4 members (excludes halogenated alkanes) is 4. The molecule has 0 unspecified atom stereocenters. The van der Waals surface area contributed by atoms with Crippen LogP contribution in [0.2, 0.25) is 0 Å². The fourth-order valence-corrected chi connectivity index (χ4v) is 3.05. The third kappa shape index (κ3) is 11.5. The Labute approximate surface area is 163 Å². The highest BCUT2D eigenvalue weighted by Crippen LogP contribution is 2.32. The van der Waals surface area contributed by atoms with Gasteiger partial charge in [-0.2, -0.15) is 9.78 Å². The Morgan fingerprint density at radius 1 is 0.500 bits per heavy atom. The van der Waals surface area contributed by atoms with Crippen molar-refractivity contribution in [2.45, 2.75) is 143 Å². The highest BCUT2D eigenvalue weighted by molar-refractivity contribution is 4.70. The molecular formula is C22H46O4. The minimum Gasteiger partial charge on any atom is -0.228 e. The van der Waals surface area contributed by atoms with Gasteiger partial charge < -0.3 is 0 Å². The Balaban J connectivity index is 4.89. The molecule has 0 radical (unpaired) electrons. The summed E-state index contributed by atoms with van der Waals surface area (Å²) in [5, 5.41) is 0. The summed E-state index contributed by atoms with van der Waals surface area (Å²) >= 11 is 0. The van der Waals surface area contributed by atoms with E-state index in [1.165, 1.54) is 25.7 Å². The SMILES string of the molecule is CCCCCCCC(CC)(OOC(C)(C)CCC)OOC(C)(C)CCC. The van der Waals surface area contributed by atoms with Crippen molar-refractivity contribution in [3.05, 3.63) is 0 Å². The van der Waals surface area contributed by atoms with E-state index in [9.17, 15) is 0 Å². The quantitative estimate of drug-likeness (QED) is 0.114. The van der Waals surface area contributed by atoms with E-state index >= 15 is 0 Å². The zero-order valence-electron chi connectivity index (χ0n) is 18.9. The molecule has 0 aliphatic rings. The largest absolute Gasteiger partial charge is 0.233 e. The van der Waals surface area contributed by atoms with Gasteiger partial charge in [-0.15, -0.1) is 0 Å². The van der Waals surface area contributed by atoms with Gasteiger partial charge in [0.1, 0.15) is 0 Å². The molecule has 0 amide bonds. The molecule has 26 heavy (non-hydrogen) atoms. The molecule has 0 spiro atoms. The molecule has 0 aromatic heterocycles. The van der Waals surface area contributed by atoms with Gasteiger partial charge in [-0.1, -0.05) is 66.2 Å². The Kier molecular flexibility index (Phi) is 13.0. The van der Waals surface area contributed by atoms with Crippen molar-refractivity contribution in [3.63, 3.8) is 0 Å². The van der Waals surface area contributed by atoms with Crippen LogP contribution < -0.4 is 0 Å². The summed E-state index contributed by atoms with van der Waals surface area (Å²) in [5.74, 6) is -0.845. The first-order valence-electron chi connectivity index (χ1n) is 10.9. The van der Waals surface area contributed by atoms with Crippen LogP contribution in [0.15, 0.2) is 0 Å². The van der Waals surface area contributed by atoms with Crippen LogP contribution in [0.4, 0.5) is 0 Å². The van der Waals surface area contributed by atoms with Crippen LogP contribution in [-0.2, 0) is 19.6 Å². The summed E-state index contributed by atoms with van der Waals surface area (Å²) in [6, 6.07) is 0. The maximum atomic E-state index is 5.93. The van der Waals surface area contributed by atoms with Gasteiger partial charge in [-0.3, -0.25) is 0 Å². The van der Waals surface area contributed by atoms with Gasteiger partial charge in [0, 0.05) is 12.8 Å². The highest BCUT2D eigenvalue weighted by atomic mass is 17.3. The van der Waals surface area contributed by atoms with Crippen LogP contribution in [0.25, 0.3) is 0 Å². The second kappa shape index (κ2) is 13.1. The summed E-state index contributed by atoms with van der Waals surface area (Å²) in [5.41, 5.74) is -0.667. The predicted molar refractivity (Wildman–Crippen MR) is 109 cm³/mol.